The van der Waals surface area contributed by atoms with Crippen LogP contribution in [0.3, 0.4) is 0 Å². The predicted molar refractivity (Wildman–Crippen MR) is 82.5 cm³/mol. The molecule has 2 heterocycles. The first kappa shape index (κ1) is 13.6. The molecule has 3 rings (SSSR count). The first-order chi connectivity index (χ1) is 9.84. The van der Waals surface area contributed by atoms with Crippen LogP contribution in [-0.2, 0) is 0 Å². The molecule has 0 unspecified atom stereocenters. The fourth-order valence-electron chi connectivity index (χ4n) is 2.58. The van der Waals surface area contributed by atoms with Crippen LogP contribution in [0.5, 0.6) is 0 Å². The summed E-state index contributed by atoms with van der Waals surface area (Å²) in [5, 5.41) is 9.53. The molecule has 5 heteroatoms. The van der Waals surface area contributed by atoms with Crippen LogP contribution < -0.4 is 0 Å². The van der Waals surface area contributed by atoms with E-state index in [1.807, 2.05) is 25.1 Å². The van der Waals surface area contributed by atoms with Gasteiger partial charge in [-0.05, 0) is 45.0 Å². The minimum Gasteiger partial charge on any atom is -0.303 e. The third-order valence-electron chi connectivity index (χ3n) is 3.65. The maximum atomic E-state index is 4.31. The molecule has 0 atom stereocenters. The summed E-state index contributed by atoms with van der Waals surface area (Å²) in [6.45, 7) is 5.66. The highest BCUT2D eigenvalue weighted by molar-refractivity contribution is 7.99. The molecule has 1 aromatic carbocycles. The van der Waals surface area contributed by atoms with Crippen molar-refractivity contribution in [3.8, 4) is 5.69 Å². The lowest BCUT2D eigenvalue weighted by molar-refractivity contribution is 0.362. The summed E-state index contributed by atoms with van der Waals surface area (Å²) in [4.78, 5) is 2.53. The fourth-order valence-corrected chi connectivity index (χ4v) is 3.58. The Hall–Kier alpha value is -1.33. The molecule has 0 saturated carbocycles. The van der Waals surface area contributed by atoms with E-state index < -0.39 is 0 Å². The molecular formula is C15H20N4S. The van der Waals surface area contributed by atoms with Gasteiger partial charge in [0.25, 0.3) is 0 Å². The largest absolute Gasteiger partial charge is 0.303 e. The number of benzene rings is 1. The van der Waals surface area contributed by atoms with Gasteiger partial charge in [-0.25, -0.2) is 0 Å². The highest BCUT2D eigenvalue weighted by Gasteiger charge is 2.14. The average Bonchev–Trinajstić information content (AvgIpc) is 3.10. The van der Waals surface area contributed by atoms with Gasteiger partial charge in [0.05, 0.1) is 0 Å². The van der Waals surface area contributed by atoms with Crippen LogP contribution in [0, 0.1) is 6.92 Å². The Kier molecular flexibility index (Phi) is 4.38. The Morgan fingerprint density at radius 2 is 1.85 bits per heavy atom. The second-order valence-corrected chi connectivity index (χ2v) is 6.16. The van der Waals surface area contributed by atoms with Crippen molar-refractivity contribution in [1.82, 2.24) is 19.7 Å². The third-order valence-corrected chi connectivity index (χ3v) is 4.56. The van der Waals surface area contributed by atoms with Crippen molar-refractivity contribution in [3.05, 3.63) is 36.2 Å². The quantitative estimate of drug-likeness (QED) is 0.792. The molecule has 1 aromatic heterocycles. The number of para-hydroxylation sites is 1. The van der Waals surface area contributed by atoms with Crippen molar-refractivity contribution in [3.63, 3.8) is 0 Å². The van der Waals surface area contributed by atoms with Gasteiger partial charge in [-0.15, -0.1) is 10.2 Å². The molecule has 0 N–H and O–H groups in total. The SMILES string of the molecule is Cc1nnc(SCCN2CCCC2)n1-c1ccccc1. The van der Waals surface area contributed by atoms with Crippen LogP contribution in [0.1, 0.15) is 18.7 Å². The van der Waals surface area contributed by atoms with Crippen LogP contribution in [0.4, 0.5) is 0 Å². The molecule has 106 valence electrons. The lowest BCUT2D eigenvalue weighted by atomic mass is 10.3. The number of hydrogen-bond acceptors (Lipinski definition) is 4. The molecule has 0 bridgehead atoms. The predicted octanol–water partition coefficient (Wildman–Crippen LogP) is 2.76. The van der Waals surface area contributed by atoms with Crippen molar-refractivity contribution in [1.29, 1.82) is 0 Å². The third kappa shape index (κ3) is 3.04. The Labute approximate surface area is 124 Å². The molecule has 1 aliphatic rings. The second-order valence-electron chi connectivity index (χ2n) is 5.10. The maximum absolute atomic E-state index is 4.31. The van der Waals surface area contributed by atoms with E-state index in [9.17, 15) is 0 Å². The number of rotatable bonds is 5. The van der Waals surface area contributed by atoms with E-state index in [0.29, 0.717) is 0 Å². The molecule has 0 spiro atoms. The second kappa shape index (κ2) is 6.41. The number of nitrogens with zero attached hydrogens (tertiary/aromatic N) is 4. The topological polar surface area (TPSA) is 34.0 Å². The molecule has 2 aromatic rings. The van der Waals surface area contributed by atoms with Crippen molar-refractivity contribution < 1.29 is 0 Å². The lowest BCUT2D eigenvalue weighted by Gasteiger charge is -2.14. The van der Waals surface area contributed by atoms with Crippen LogP contribution in [-0.4, -0.2) is 45.1 Å². The summed E-state index contributed by atoms with van der Waals surface area (Å²) in [5.41, 5.74) is 1.14. The normalized spacial score (nSPS) is 15.8. The highest BCUT2D eigenvalue weighted by Crippen LogP contribution is 2.22. The van der Waals surface area contributed by atoms with Gasteiger partial charge in [0.2, 0.25) is 0 Å². The number of aromatic nitrogens is 3. The molecule has 20 heavy (non-hydrogen) atoms. The van der Waals surface area contributed by atoms with Crippen molar-refractivity contribution in [2.75, 3.05) is 25.4 Å². The standard InChI is InChI=1S/C15H20N4S/c1-13-16-17-15(19(13)14-7-3-2-4-8-14)20-12-11-18-9-5-6-10-18/h2-4,7-8H,5-6,9-12H2,1H3. The zero-order chi connectivity index (χ0) is 13.8. The minimum absolute atomic E-state index is 0.944. The summed E-state index contributed by atoms with van der Waals surface area (Å²) in [7, 11) is 0. The van der Waals surface area contributed by atoms with E-state index in [-0.39, 0.29) is 0 Å². The van der Waals surface area contributed by atoms with Gasteiger partial charge >= 0.3 is 0 Å². The van der Waals surface area contributed by atoms with Crippen molar-refractivity contribution >= 4 is 11.8 Å². The van der Waals surface area contributed by atoms with Gasteiger partial charge in [0.1, 0.15) is 5.82 Å². The molecule has 4 nitrogen and oxygen atoms in total. The molecule has 0 aliphatic carbocycles. The van der Waals surface area contributed by atoms with Crippen LogP contribution in [0.25, 0.3) is 5.69 Å². The van der Waals surface area contributed by atoms with E-state index in [4.69, 9.17) is 0 Å². The molecule has 1 fully saturated rings. The molecular weight excluding hydrogens is 268 g/mol. The first-order valence-electron chi connectivity index (χ1n) is 7.17. The van der Waals surface area contributed by atoms with Gasteiger partial charge in [-0.2, -0.15) is 0 Å². The summed E-state index contributed by atoms with van der Waals surface area (Å²) in [6.07, 6.45) is 2.70. The van der Waals surface area contributed by atoms with Crippen LogP contribution >= 0.6 is 11.8 Å². The van der Waals surface area contributed by atoms with Crippen LogP contribution in [0.2, 0.25) is 0 Å². The first-order valence-corrected chi connectivity index (χ1v) is 8.16. The summed E-state index contributed by atoms with van der Waals surface area (Å²) in [6, 6.07) is 10.3. The smallest absolute Gasteiger partial charge is 0.195 e. The molecule has 1 aliphatic heterocycles. The summed E-state index contributed by atoms with van der Waals surface area (Å²) < 4.78 is 2.13. The van der Waals surface area contributed by atoms with E-state index in [0.717, 1.165) is 29.0 Å². The van der Waals surface area contributed by atoms with Gasteiger partial charge in [-0.3, -0.25) is 4.57 Å². The lowest BCUT2D eigenvalue weighted by Crippen LogP contribution is -2.22. The van der Waals surface area contributed by atoms with E-state index >= 15 is 0 Å². The van der Waals surface area contributed by atoms with Crippen molar-refractivity contribution in [2.24, 2.45) is 0 Å². The molecule has 0 amide bonds. The van der Waals surface area contributed by atoms with E-state index in [1.165, 1.54) is 25.9 Å². The Bertz CT molecular complexity index is 546. The Morgan fingerprint density at radius 1 is 1.10 bits per heavy atom. The van der Waals surface area contributed by atoms with Crippen LogP contribution in [0.15, 0.2) is 35.5 Å². The highest BCUT2D eigenvalue weighted by atomic mass is 32.2. The number of aryl methyl sites for hydroxylation is 1. The number of hydrogen-bond donors (Lipinski definition) is 0. The van der Waals surface area contributed by atoms with Gasteiger partial charge in [0, 0.05) is 18.0 Å². The molecule has 1 saturated heterocycles. The fraction of sp³-hybridized carbons (Fsp3) is 0.467. The summed E-state index contributed by atoms with van der Waals surface area (Å²) in [5.74, 6) is 2.02. The Balaban J connectivity index is 1.67. The number of thioether (sulfide) groups is 1. The minimum atomic E-state index is 0.944. The van der Waals surface area contributed by atoms with Crippen molar-refractivity contribution in [2.45, 2.75) is 24.9 Å². The Morgan fingerprint density at radius 3 is 2.60 bits per heavy atom. The molecule has 0 radical (unpaired) electrons. The van der Waals surface area contributed by atoms with E-state index in [1.54, 1.807) is 11.8 Å². The monoisotopic (exact) mass is 288 g/mol. The average molecular weight is 288 g/mol. The van der Waals surface area contributed by atoms with Gasteiger partial charge in [-0.1, -0.05) is 30.0 Å². The zero-order valence-electron chi connectivity index (χ0n) is 11.8. The zero-order valence-corrected chi connectivity index (χ0v) is 12.6. The van der Waals surface area contributed by atoms with Gasteiger partial charge < -0.3 is 4.90 Å². The summed E-state index contributed by atoms with van der Waals surface area (Å²) >= 11 is 1.80. The van der Waals surface area contributed by atoms with Gasteiger partial charge in [0.15, 0.2) is 5.16 Å². The number of likely N-dealkylation sites (tertiary alicyclic amines) is 1. The van der Waals surface area contributed by atoms with E-state index in [2.05, 4.69) is 31.8 Å². The maximum Gasteiger partial charge on any atom is 0.195 e.